The topological polar surface area (TPSA) is 72.8 Å². The van der Waals surface area contributed by atoms with Crippen LogP contribution in [0.3, 0.4) is 0 Å². The molecule has 0 aliphatic heterocycles. The van der Waals surface area contributed by atoms with E-state index in [1.807, 2.05) is 0 Å². The maximum atomic E-state index is 12.7. The largest absolute Gasteiger partial charge is 0.464 e. The molecule has 0 spiro atoms. The van der Waals surface area contributed by atoms with Crippen LogP contribution in [0.15, 0.2) is 24.3 Å². The summed E-state index contributed by atoms with van der Waals surface area (Å²) in [5.41, 5.74) is -1.18. The highest BCUT2D eigenvalue weighted by atomic mass is 79.9. The van der Waals surface area contributed by atoms with E-state index in [-0.39, 0.29) is 11.4 Å². The number of hydrogen-bond donors (Lipinski definition) is 1. The summed E-state index contributed by atoms with van der Waals surface area (Å²) in [6, 6.07) is 8.46. The van der Waals surface area contributed by atoms with Crippen LogP contribution in [-0.2, 0) is 19.1 Å². The summed E-state index contributed by atoms with van der Waals surface area (Å²) < 4.78 is 22.3. The van der Waals surface area contributed by atoms with Crippen LogP contribution in [0.2, 0.25) is 19.6 Å². The first-order valence-corrected chi connectivity index (χ1v) is 14.4. The van der Waals surface area contributed by atoms with Crippen molar-refractivity contribution in [2.45, 2.75) is 51.7 Å². The summed E-state index contributed by atoms with van der Waals surface area (Å²) in [5, 5.41) is 10.9. The molecule has 0 amide bonds. The van der Waals surface area contributed by atoms with Crippen molar-refractivity contribution in [1.29, 1.82) is 0 Å². The minimum atomic E-state index is -1.43. The van der Waals surface area contributed by atoms with Gasteiger partial charge in [0, 0.05) is 4.83 Å². The van der Waals surface area contributed by atoms with Gasteiger partial charge in [-0.05, 0) is 32.8 Å². The van der Waals surface area contributed by atoms with E-state index in [9.17, 15) is 19.1 Å². The number of carbonyl (C=O) groups excluding carboxylic acids is 2. The van der Waals surface area contributed by atoms with Gasteiger partial charge in [0.2, 0.25) is 0 Å². The van der Waals surface area contributed by atoms with Gasteiger partial charge in [0.1, 0.15) is 25.3 Å². The van der Waals surface area contributed by atoms with Gasteiger partial charge in [0.05, 0.1) is 20.1 Å². The minimum absolute atomic E-state index is 0.0468. The molecular formula is C22H34BrFO5Si. The Morgan fingerprint density at radius 3 is 2.13 bits per heavy atom. The third-order valence-corrected chi connectivity index (χ3v) is 7.97. The molecule has 0 saturated heterocycles. The van der Waals surface area contributed by atoms with E-state index in [4.69, 9.17) is 9.47 Å². The van der Waals surface area contributed by atoms with Crippen LogP contribution in [0.4, 0.5) is 4.39 Å². The van der Waals surface area contributed by atoms with Crippen molar-refractivity contribution in [3.8, 4) is 0 Å². The van der Waals surface area contributed by atoms with Gasteiger partial charge < -0.3 is 14.6 Å². The summed E-state index contributed by atoms with van der Waals surface area (Å²) in [6.45, 7) is 9.73. The summed E-state index contributed by atoms with van der Waals surface area (Å²) in [6.07, 6.45) is 0.486. The van der Waals surface area contributed by atoms with E-state index in [0.29, 0.717) is 6.42 Å². The van der Waals surface area contributed by atoms with Crippen molar-refractivity contribution >= 4 is 41.1 Å². The van der Waals surface area contributed by atoms with Crippen LogP contribution < -0.4 is 5.19 Å². The molecule has 1 aromatic rings. The molecule has 1 N–H and O–H groups in total. The normalized spacial score (nSPS) is 15.2. The highest BCUT2D eigenvalue weighted by Crippen LogP contribution is 2.37. The van der Waals surface area contributed by atoms with Crippen LogP contribution >= 0.6 is 15.9 Å². The van der Waals surface area contributed by atoms with Crippen molar-refractivity contribution < 1.29 is 28.6 Å². The van der Waals surface area contributed by atoms with Crippen LogP contribution in [0, 0.1) is 10.8 Å². The molecule has 0 aromatic heterocycles. The van der Waals surface area contributed by atoms with E-state index < -0.39 is 50.7 Å². The number of esters is 2. The second kappa shape index (κ2) is 10.9. The van der Waals surface area contributed by atoms with Gasteiger partial charge in [-0.1, -0.05) is 65.0 Å². The van der Waals surface area contributed by atoms with Gasteiger partial charge >= 0.3 is 11.9 Å². The number of benzene rings is 1. The van der Waals surface area contributed by atoms with Crippen molar-refractivity contribution in [2.75, 3.05) is 26.5 Å². The zero-order chi connectivity index (χ0) is 23.2. The van der Waals surface area contributed by atoms with E-state index >= 15 is 0 Å². The predicted octanol–water partition coefficient (Wildman–Crippen LogP) is 4.14. The van der Waals surface area contributed by atoms with Crippen molar-refractivity contribution in [3.63, 3.8) is 0 Å². The number of ether oxygens (including phenoxy) is 2. The Labute approximate surface area is 188 Å². The number of rotatable bonds is 11. The number of hydrogen-bond acceptors (Lipinski definition) is 5. The molecule has 0 aliphatic carbocycles. The van der Waals surface area contributed by atoms with E-state index in [1.54, 1.807) is 13.8 Å². The third-order valence-electron chi connectivity index (χ3n) is 5.05. The standard InChI is InChI=1S/C22H34BrFO5Si/c1-21(2,13-18(23)16-7-9-17(10-8-16)30(4,5)6)19(26)29-15-22(3,14-25)20(27)28-12-11-24/h7-10,18,25H,11-15H2,1-6H3. The summed E-state index contributed by atoms with van der Waals surface area (Å²) in [4.78, 5) is 24.7. The van der Waals surface area contributed by atoms with Crippen LogP contribution in [0.5, 0.6) is 0 Å². The maximum absolute atomic E-state index is 12.7. The Morgan fingerprint density at radius 2 is 1.67 bits per heavy atom. The summed E-state index contributed by atoms with van der Waals surface area (Å²) in [7, 11) is -1.37. The van der Waals surface area contributed by atoms with Crippen LogP contribution in [-0.4, -0.2) is 51.6 Å². The average molecular weight is 505 g/mol. The van der Waals surface area contributed by atoms with Gasteiger partial charge in [-0.15, -0.1) is 0 Å². The summed E-state index contributed by atoms with van der Waals surface area (Å²) in [5.74, 6) is -1.28. The maximum Gasteiger partial charge on any atom is 0.317 e. The van der Waals surface area contributed by atoms with Crippen molar-refractivity contribution in [3.05, 3.63) is 29.8 Å². The van der Waals surface area contributed by atoms with Gasteiger partial charge in [-0.25, -0.2) is 4.39 Å². The smallest absolute Gasteiger partial charge is 0.317 e. The Bertz CT molecular complexity index is 717. The highest BCUT2D eigenvalue weighted by molar-refractivity contribution is 9.09. The third kappa shape index (κ3) is 7.46. The molecule has 0 fully saturated rings. The second-order valence-electron chi connectivity index (χ2n) is 9.55. The quantitative estimate of drug-likeness (QED) is 0.278. The lowest BCUT2D eigenvalue weighted by Gasteiger charge is -2.29. The summed E-state index contributed by atoms with van der Waals surface area (Å²) >= 11 is 3.68. The Balaban J connectivity index is 2.76. The van der Waals surface area contributed by atoms with Gasteiger partial charge in [0.15, 0.2) is 0 Å². The van der Waals surface area contributed by atoms with Crippen LogP contribution in [0.1, 0.15) is 37.6 Å². The first-order chi connectivity index (χ1) is 13.8. The number of aliphatic hydroxyl groups excluding tert-OH is 1. The second-order valence-corrected chi connectivity index (χ2v) is 15.7. The molecule has 2 unspecified atom stereocenters. The molecule has 0 saturated carbocycles. The molecule has 1 aromatic carbocycles. The first kappa shape index (κ1) is 26.8. The number of carbonyl (C=O) groups is 2. The minimum Gasteiger partial charge on any atom is -0.464 e. The van der Waals surface area contributed by atoms with E-state index in [0.717, 1.165) is 5.56 Å². The molecule has 8 heteroatoms. The lowest BCUT2D eigenvalue weighted by atomic mass is 9.86. The molecule has 2 atom stereocenters. The molecule has 0 radical (unpaired) electrons. The highest BCUT2D eigenvalue weighted by Gasteiger charge is 2.39. The molecule has 0 heterocycles. The van der Waals surface area contributed by atoms with E-state index in [1.165, 1.54) is 12.1 Å². The number of alkyl halides is 2. The van der Waals surface area contributed by atoms with Gasteiger partial charge in [0.25, 0.3) is 0 Å². The molecule has 0 bridgehead atoms. The molecule has 1 rings (SSSR count). The molecule has 5 nitrogen and oxygen atoms in total. The lowest BCUT2D eigenvalue weighted by molar-refractivity contribution is -0.170. The fraction of sp³-hybridized carbons (Fsp3) is 0.636. The monoisotopic (exact) mass is 504 g/mol. The SMILES string of the molecule is CC(C)(CC(Br)c1ccc([Si](C)(C)C)cc1)C(=O)OCC(C)(CO)C(=O)OCCF. The van der Waals surface area contributed by atoms with Gasteiger partial charge in [-0.2, -0.15) is 0 Å². The van der Waals surface area contributed by atoms with E-state index in [2.05, 4.69) is 59.8 Å². The molecule has 170 valence electrons. The first-order valence-electron chi connectivity index (χ1n) is 10.0. The van der Waals surface area contributed by atoms with Crippen LogP contribution in [0.25, 0.3) is 0 Å². The number of halogens is 2. The fourth-order valence-electron chi connectivity index (χ4n) is 2.74. The van der Waals surface area contributed by atoms with Crippen molar-refractivity contribution in [1.82, 2.24) is 0 Å². The van der Waals surface area contributed by atoms with Crippen molar-refractivity contribution in [2.24, 2.45) is 10.8 Å². The molecular weight excluding hydrogens is 471 g/mol. The average Bonchev–Trinajstić information content (AvgIpc) is 2.68. The molecule has 30 heavy (non-hydrogen) atoms. The Morgan fingerprint density at radius 1 is 1.10 bits per heavy atom. The molecule has 0 aliphatic rings. The fourth-order valence-corrected chi connectivity index (χ4v) is 5.02. The predicted molar refractivity (Wildman–Crippen MR) is 123 cm³/mol. The zero-order valence-electron chi connectivity index (χ0n) is 18.8. The van der Waals surface area contributed by atoms with Gasteiger partial charge in [-0.3, -0.25) is 9.59 Å². The zero-order valence-corrected chi connectivity index (χ0v) is 21.3. The Kier molecular flexibility index (Phi) is 9.70. The Hall–Kier alpha value is -1.25. The number of aliphatic hydroxyl groups is 1. The lowest BCUT2D eigenvalue weighted by Crippen LogP contribution is -2.41.